The van der Waals surface area contributed by atoms with E-state index in [1.165, 1.54) is 24.3 Å². The molecule has 6 heteroatoms. The summed E-state index contributed by atoms with van der Waals surface area (Å²) >= 11 is 0. The normalized spacial score (nSPS) is 16.8. The lowest BCUT2D eigenvalue weighted by Gasteiger charge is -2.28. The minimum atomic E-state index is -0.421. The molecule has 0 atom stereocenters. The molecule has 0 saturated heterocycles. The van der Waals surface area contributed by atoms with Crippen LogP contribution in [0.1, 0.15) is 30.5 Å². The molecular weight excluding hydrogens is 320 g/mol. The Morgan fingerprint density at radius 1 is 0.720 bits per heavy atom. The zero-order valence-corrected chi connectivity index (χ0v) is 14.3. The van der Waals surface area contributed by atoms with Gasteiger partial charge in [0.2, 0.25) is 0 Å². The molecular formula is C19H18N2O4. The fraction of sp³-hybridized carbons (Fsp3) is 0.263. The highest BCUT2D eigenvalue weighted by atomic mass is 16.2. The first-order valence-corrected chi connectivity index (χ1v) is 8.18. The van der Waals surface area contributed by atoms with Crippen molar-refractivity contribution >= 4 is 35.0 Å². The van der Waals surface area contributed by atoms with Crippen LogP contribution in [0, 0.1) is 6.92 Å². The van der Waals surface area contributed by atoms with Gasteiger partial charge in [0.1, 0.15) is 0 Å². The van der Waals surface area contributed by atoms with Gasteiger partial charge in [-0.3, -0.25) is 19.2 Å². The van der Waals surface area contributed by atoms with E-state index in [1.807, 2.05) is 26.8 Å². The zero-order valence-electron chi connectivity index (χ0n) is 14.3. The summed E-state index contributed by atoms with van der Waals surface area (Å²) in [5.41, 5.74) is 3.18. The Labute approximate surface area is 145 Å². The lowest BCUT2D eigenvalue weighted by Crippen LogP contribution is -2.35. The maximum Gasteiger partial charge on any atom is 0.258 e. The second kappa shape index (κ2) is 6.12. The Hall–Kier alpha value is -3.02. The summed E-state index contributed by atoms with van der Waals surface area (Å²) < 4.78 is 0. The number of nitrogens with zero attached hydrogens (tertiary/aromatic N) is 2. The number of hydrogen-bond donors (Lipinski definition) is 0. The van der Waals surface area contributed by atoms with E-state index in [0.717, 1.165) is 20.9 Å². The molecule has 2 heterocycles. The van der Waals surface area contributed by atoms with Crippen molar-refractivity contribution in [3.8, 4) is 0 Å². The van der Waals surface area contributed by atoms with Crippen LogP contribution in [0.15, 0.2) is 30.4 Å². The third-order valence-corrected chi connectivity index (χ3v) is 4.44. The van der Waals surface area contributed by atoms with Crippen LogP contribution >= 0.6 is 0 Å². The molecule has 0 N–H and O–H groups in total. The van der Waals surface area contributed by atoms with Crippen LogP contribution in [0.25, 0.3) is 0 Å². The number of carbonyl (C=O) groups is 4. The topological polar surface area (TPSA) is 74.8 Å². The molecule has 0 bridgehead atoms. The van der Waals surface area contributed by atoms with Gasteiger partial charge in [0.25, 0.3) is 23.6 Å². The number of amides is 4. The van der Waals surface area contributed by atoms with Gasteiger partial charge in [0.05, 0.1) is 11.4 Å². The van der Waals surface area contributed by atoms with E-state index in [2.05, 4.69) is 0 Å². The smallest absolute Gasteiger partial charge is 0.258 e. The number of rotatable bonds is 4. The first-order valence-electron chi connectivity index (χ1n) is 8.18. The summed E-state index contributed by atoms with van der Waals surface area (Å²) in [4.78, 5) is 51.0. The molecule has 4 amide bonds. The van der Waals surface area contributed by atoms with E-state index in [4.69, 9.17) is 0 Å². The van der Waals surface area contributed by atoms with Crippen molar-refractivity contribution < 1.29 is 19.2 Å². The van der Waals surface area contributed by atoms with Crippen molar-refractivity contribution in [2.24, 2.45) is 0 Å². The second-order valence-corrected chi connectivity index (χ2v) is 5.93. The van der Waals surface area contributed by atoms with Gasteiger partial charge in [-0.2, -0.15) is 0 Å². The average molecular weight is 338 g/mol. The van der Waals surface area contributed by atoms with E-state index in [1.54, 1.807) is 0 Å². The van der Waals surface area contributed by atoms with E-state index in [9.17, 15) is 19.2 Å². The van der Waals surface area contributed by atoms with Gasteiger partial charge in [-0.05, 0) is 30.9 Å². The van der Waals surface area contributed by atoms with Gasteiger partial charge >= 0.3 is 0 Å². The van der Waals surface area contributed by atoms with Gasteiger partial charge in [0, 0.05) is 29.9 Å². The quantitative estimate of drug-likeness (QED) is 0.787. The fourth-order valence-electron chi connectivity index (χ4n) is 3.38. The van der Waals surface area contributed by atoms with E-state index in [0.29, 0.717) is 29.8 Å². The largest absolute Gasteiger partial charge is 0.269 e. The van der Waals surface area contributed by atoms with Crippen molar-refractivity contribution in [3.05, 3.63) is 47.1 Å². The predicted molar refractivity (Wildman–Crippen MR) is 93.2 cm³/mol. The summed E-state index contributed by atoms with van der Waals surface area (Å²) in [6.07, 6.45) is 5.99. The maximum atomic E-state index is 12.2. The first kappa shape index (κ1) is 16.8. The number of carbonyl (C=O) groups excluding carboxylic acids is 4. The molecule has 2 aliphatic rings. The van der Waals surface area contributed by atoms with Crippen LogP contribution in [0.5, 0.6) is 0 Å². The Morgan fingerprint density at radius 2 is 1.16 bits per heavy atom. The van der Waals surface area contributed by atoms with Crippen molar-refractivity contribution in [1.82, 2.24) is 0 Å². The molecule has 128 valence electrons. The van der Waals surface area contributed by atoms with Crippen LogP contribution < -0.4 is 9.80 Å². The summed E-state index contributed by atoms with van der Waals surface area (Å²) in [6, 6.07) is 1.83. The van der Waals surface area contributed by atoms with Crippen LogP contribution in [0.3, 0.4) is 0 Å². The summed E-state index contributed by atoms with van der Waals surface area (Å²) in [7, 11) is 0. The Balaban J connectivity index is 2.29. The lowest BCUT2D eigenvalue weighted by molar-refractivity contribution is -0.121. The van der Waals surface area contributed by atoms with E-state index < -0.39 is 23.6 Å². The van der Waals surface area contributed by atoms with Crippen LogP contribution in [-0.4, -0.2) is 23.6 Å². The van der Waals surface area contributed by atoms with Crippen molar-refractivity contribution in [1.29, 1.82) is 0 Å². The number of benzene rings is 1. The van der Waals surface area contributed by atoms with Crippen molar-refractivity contribution in [2.45, 2.75) is 33.6 Å². The van der Waals surface area contributed by atoms with Crippen molar-refractivity contribution in [2.75, 3.05) is 9.80 Å². The molecule has 0 aliphatic carbocycles. The average Bonchev–Trinajstić information content (AvgIpc) is 3.09. The number of aryl methyl sites for hydroxylation is 2. The minimum Gasteiger partial charge on any atom is -0.269 e. The van der Waals surface area contributed by atoms with Crippen molar-refractivity contribution in [3.63, 3.8) is 0 Å². The Bertz CT molecular complexity index is 844. The van der Waals surface area contributed by atoms with Crippen LogP contribution in [0.2, 0.25) is 0 Å². The van der Waals surface area contributed by atoms with Crippen LogP contribution in [0.4, 0.5) is 11.4 Å². The zero-order chi connectivity index (χ0) is 18.3. The molecule has 1 aromatic carbocycles. The van der Waals surface area contributed by atoms with Gasteiger partial charge in [0.15, 0.2) is 0 Å². The highest BCUT2D eigenvalue weighted by Gasteiger charge is 2.34. The standard InChI is InChI=1S/C19H18N2O4/c1-4-12-10-11(3)18(20-14(22)6-7-15(20)23)13(5-2)19(12)21-16(24)8-9-17(21)25/h6-10H,4-5H2,1-3H3. The number of imide groups is 2. The molecule has 6 nitrogen and oxygen atoms in total. The first-order chi connectivity index (χ1) is 11.9. The monoisotopic (exact) mass is 338 g/mol. The van der Waals surface area contributed by atoms with E-state index >= 15 is 0 Å². The summed E-state index contributed by atoms with van der Waals surface area (Å²) in [5, 5.41) is 0. The predicted octanol–water partition coefficient (Wildman–Crippen LogP) is 1.98. The minimum absolute atomic E-state index is 0.415. The van der Waals surface area contributed by atoms with Crippen LogP contribution in [-0.2, 0) is 32.0 Å². The molecule has 3 rings (SSSR count). The molecule has 25 heavy (non-hydrogen) atoms. The third kappa shape index (κ3) is 2.50. The highest BCUT2D eigenvalue weighted by molar-refractivity contribution is 6.31. The second-order valence-electron chi connectivity index (χ2n) is 5.93. The number of hydrogen-bond acceptors (Lipinski definition) is 4. The maximum absolute atomic E-state index is 12.2. The molecule has 0 unspecified atom stereocenters. The van der Waals surface area contributed by atoms with Gasteiger partial charge in [-0.15, -0.1) is 0 Å². The summed E-state index contributed by atoms with van der Waals surface area (Å²) in [6.45, 7) is 5.63. The third-order valence-electron chi connectivity index (χ3n) is 4.44. The highest BCUT2D eigenvalue weighted by Crippen LogP contribution is 2.39. The molecule has 2 aliphatic heterocycles. The fourth-order valence-corrected chi connectivity index (χ4v) is 3.38. The van der Waals surface area contributed by atoms with Gasteiger partial charge in [-0.1, -0.05) is 19.9 Å². The molecule has 0 radical (unpaired) electrons. The van der Waals surface area contributed by atoms with E-state index in [-0.39, 0.29) is 0 Å². The van der Waals surface area contributed by atoms with Gasteiger partial charge in [-0.25, -0.2) is 9.80 Å². The van der Waals surface area contributed by atoms with Gasteiger partial charge < -0.3 is 0 Å². The molecule has 0 saturated carbocycles. The molecule has 1 aromatic rings. The Kier molecular flexibility index (Phi) is 4.12. The Morgan fingerprint density at radius 3 is 1.56 bits per heavy atom. The SMILES string of the molecule is CCc1cc(C)c(N2C(=O)C=CC2=O)c(CC)c1N1C(=O)C=CC1=O. The molecule has 0 spiro atoms. The molecule has 0 aromatic heterocycles. The number of anilines is 2. The summed E-state index contributed by atoms with van der Waals surface area (Å²) in [5.74, 6) is -1.67. The molecule has 0 fully saturated rings. The lowest BCUT2D eigenvalue weighted by atomic mass is 9.95.